The molecule has 5 nitrogen and oxygen atoms in total. The molecule has 0 N–H and O–H groups in total. The zero-order valence-corrected chi connectivity index (χ0v) is 39.3. The largest absolute Gasteiger partial charge is 0.321 e. The summed E-state index contributed by atoms with van der Waals surface area (Å²) in [6.45, 7) is 21.4. The molecule has 5 heteroatoms. The van der Waals surface area contributed by atoms with Crippen molar-refractivity contribution in [3.63, 3.8) is 0 Å². The molecule has 9 aromatic rings. The van der Waals surface area contributed by atoms with Gasteiger partial charge in [0.1, 0.15) is 12.5 Å². The summed E-state index contributed by atoms with van der Waals surface area (Å²) in [6, 6.07) is 64.6. The predicted molar refractivity (Wildman–Crippen MR) is 277 cm³/mol. The highest BCUT2D eigenvalue weighted by molar-refractivity contribution is 6.12. The number of fused-ring (bicyclic) bond motifs is 4. The molecule has 0 saturated heterocycles. The van der Waals surface area contributed by atoms with Crippen LogP contribution in [-0.2, 0) is 16.2 Å². The molecule has 1 aliphatic rings. The van der Waals surface area contributed by atoms with Crippen molar-refractivity contribution in [3.05, 3.63) is 199 Å². The van der Waals surface area contributed by atoms with Gasteiger partial charge in [-0.1, -0.05) is 153 Å². The van der Waals surface area contributed by atoms with Gasteiger partial charge in [0.05, 0.1) is 22.4 Å². The number of hydrogen-bond donors (Lipinski definition) is 0. The number of aromatic nitrogens is 2. The number of hydrogen-bond acceptors (Lipinski definition) is 4. The standard InChI is InChI=1S/C60H59N5/c1-58(2,3)43-31-32-61-56(36-43)65-52-28-17-16-27-50(52)57-51(60(7,8)9)38-49(39-55(57)65)64(45-23-14-11-15-24-45)47-26-20-25-46(37-47)62-40-63(54-30-19-18-29-53(54)62)48-34-42(41-21-12-10-13-22-41)33-44(35-48)59(4,5)6/h10-39H,40H2,1-9H3. The molecule has 0 atom stereocenters. The first-order valence-electron chi connectivity index (χ1n) is 23.0. The molecule has 3 heterocycles. The third kappa shape index (κ3) is 7.73. The molecule has 2 aromatic heterocycles. The van der Waals surface area contributed by atoms with E-state index in [-0.39, 0.29) is 16.2 Å². The third-order valence-corrected chi connectivity index (χ3v) is 13.0. The lowest BCUT2D eigenvalue weighted by atomic mass is 9.83. The van der Waals surface area contributed by atoms with Gasteiger partial charge in [-0.05, 0) is 129 Å². The van der Waals surface area contributed by atoms with Crippen LogP contribution >= 0.6 is 0 Å². The predicted octanol–water partition coefficient (Wildman–Crippen LogP) is 16.5. The fourth-order valence-corrected chi connectivity index (χ4v) is 9.53. The van der Waals surface area contributed by atoms with Crippen LogP contribution in [-0.4, -0.2) is 16.2 Å². The molecule has 0 radical (unpaired) electrons. The summed E-state index contributed by atoms with van der Waals surface area (Å²) in [5.74, 6) is 0.926. The zero-order chi connectivity index (χ0) is 45.3. The van der Waals surface area contributed by atoms with Gasteiger partial charge >= 0.3 is 0 Å². The van der Waals surface area contributed by atoms with Crippen molar-refractivity contribution in [2.75, 3.05) is 21.4 Å². The van der Waals surface area contributed by atoms with E-state index in [0.29, 0.717) is 6.67 Å². The molecule has 324 valence electrons. The third-order valence-electron chi connectivity index (χ3n) is 13.0. The van der Waals surface area contributed by atoms with Crippen molar-refractivity contribution in [3.8, 4) is 16.9 Å². The minimum Gasteiger partial charge on any atom is -0.321 e. The fraction of sp³-hybridized carbons (Fsp3) is 0.217. The molecule has 0 fully saturated rings. The molecule has 0 amide bonds. The average molecular weight is 850 g/mol. The monoisotopic (exact) mass is 849 g/mol. The SMILES string of the molecule is CC(C)(C)c1cc(-c2ccccc2)cc(N2CN(c3cccc(N(c4ccccc4)c4cc(C(C)(C)C)c5c6ccccc6n(-c6cc(C(C)(C)C)ccn6)c5c4)c3)c3ccccc32)c1. The van der Waals surface area contributed by atoms with Crippen LogP contribution in [0.4, 0.5) is 39.8 Å². The minimum atomic E-state index is -0.165. The number of rotatable bonds is 7. The number of anilines is 7. The quantitative estimate of drug-likeness (QED) is 0.160. The lowest BCUT2D eigenvalue weighted by Crippen LogP contribution is -2.24. The van der Waals surface area contributed by atoms with E-state index >= 15 is 0 Å². The van der Waals surface area contributed by atoms with Crippen LogP contribution in [0.1, 0.15) is 79.0 Å². The Labute approximate surface area is 385 Å². The van der Waals surface area contributed by atoms with Gasteiger partial charge in [-0.15, -0.1) is 0 Å². The van der Waals surface area contributed by atoms with Crippen LogP contribution in [0.2, 0.25) is 0 Å². The van der Waals surface area contributed by atoms with Crippen molar-refractivity contribution < 1.29 is 0 Å². The summed E-state index contributed by atoms with van der Waals surface area (Å²) in [6.07, 6.45) is 1.97. The van der Waals surface area contributed by atoms with Crippen molar-refractivity contribution >= 4 is 61.6 Å². The Bertz CT molecular complexity index is 3200. The van der Waals surface area contributed by atoms with E-state index in [4.69, 9.17) is 4.98 Å². The van der Waals surface area contributed by atoms with Crippen LogP contribution in [0.25, 0.3) is 38.8 Å². The topological polar surface area (TPSA) is 27.5 Å². The molecule has 65 heavy (non-hydrogen) atoms. The van der Waals surface area contributed by atoms with Gasteiger partial charge in [0.2, 0.25) is 0 Å². The van der Waals surface area contributed by atoms with Gasteiger partial charge in [0.25, 0.3) is 0 Å². The van der Waals surface area contributed by atoms with Crippen LogP contribution < -0.4 is 14.7 Å². The summed E-state index contributed by atoms with van der Waals surface area (Å²) >= 11 is 0. The molecule has 0 spiro atoms. The first kappa shape index (κ1) is 41.9. The van der Waals surface area contributed by atoms with Crippen LogP contribution in [0.15, 0.2) is 182 Å². The highest BCUT2D eigenvalue weighted by Gasteiger charge is 2.31. The lowest BCUT2D eigenvalue weighted by Gasteiger charge is -2.30. The summed E-state index contributed by atoms with van der Waals surface area (Å²) in [5, 5.41) is 2.50. The van der Waals surface area contributed by atoms with Gasteiger partial charge in [-0.3, -0.25) is 4.57 Å². The van der Waals surface area contributed by atoms with Gasteiger partial charge in [-0.2, -0.15) is 0 Å². The van der Waals surface area contributed by atoms with Gasteiger partial charge in [0.15, 0.2) is 0 Å². The number of benzene rings is 7. The van der Waals surface area contributed by atoms with E-state index in [1.165, 1.54) is 55.7 Å². The number of pyridine rings is 1. The highest BCUT2D eigenvalue weighted by Crippen LogP contribution is 2.49. The number of nitrogens with zero attached hydrogens (tertiary/aromatic N) is 5. The van der Waals surface area contributed by atoms with Crippen molar-refractivity contribution in [2.24, 2.45) is 0 Å². The second kappa shape index (κ2) is 15.8. The summed E-state index contributed by atoms with van der Waals surface area (Å²) in [4.78, 5) is 12.4. The highest BCUT2D eigenvalue weighted by atomic mass is 15.4. The molecule has 0 saturated carbocycles. The second-order valence-electron chi connectivity index (χ2n) is 20.7. The first-order chi connectivity index (χ1) is 31.1. The second-order valence-corrected chi connectivity index (χ2v) is 20.7. The van der Waals surface area contributed by atoms with E-state index in [0.717, 1.165) is 39.6 Å². The molecule has 1 aliphatic heterocycles. The summed E-state index contributed by atoms with van der Waals surface area (Å²) in [7, 11) is 0. The maximum atomic E-state index is 5.06. The zero-order valence-electron chi connectivity index (χ0n) is 39.3. The molecular weight excluding hydrogens is 791 g/mol. The van der Waals surface area contributed by atoms with E-state index in [2.05, 4.69) is 258 Å². The average Bonchev–Trinajstić information content (AvgIpc) is 3.85. The van der Waals surface area contributed by atoms with Crippen molar-refractivity contribution in [2.45, 2.75) is 78.6 Å². The number of para-hydroxylation sites is 4. The van der Waals surface area contributed by atoms with E-state index < -0.39 is 0 Å². The maximum Gasteiger partial charge on any atom is 0.137 e. The van der Waals surface area contributed by atoms with Crippen LogP contribution in [0, 0.1) is 0 Å². The van der Waals surface area contributed by atoms with Gasteiger partial charge in [-0.25, -0.2) is 4.98 Å². The Morgan fingerprint density at radius 1 is 0.446 bits per heavy atom. The Hall–Kier alpha value is -7.11. The molecule has 0 unspecified atom stereocenters. The summed E-state index contributed by atoms with van der Waals surface area (Å²) in [5.41, 5.74) is 16.4. The van der Waals surface area contributed by atoms with Crippen LogP contribution in [0.3, 0.4) is 0 Å². The molecule has 7 aromatic carbocycles. The minimum absolute atomic E-state index is 0.0229. The van der Waals surface area contributed by atoms with E-state index in [9.17, 15) is 0 Å². The Morgan fingerprint density at radius 3 is 1.77 bits per heavy atom. The summed E-state index contributed by atoms with van der Waals surface area (Å²) < 4.78 is 2.38. The van der Waals surface area contributed by atoms with Crippen molar-refractivity contribution in [1.82, 2.24) is 9.55 Å². The Morgan fingerprint density at radius 2 is 1.08 bits per heavy atom. The van der Waals surface area contributed by atoms with Gasteiger partial charge in [0, 0.05) is 45.4 Å². The first-order valence-corrected chi connectivity index (χ1v) is 23.0. The molecule has 0 aliphatic carbocycles. The lowest BCUT2D eigenvalue weighted by molar-refractivity contribution is 0.588. The van der Waals surface area contributed by atoms with Crippen LogP contribution in [0.5, 0.6) is 0 Å². The normalized spacial score (nSPS) is 13.2. The molecule has 0 bridgehead atoms. The molecule has 10 rings (SSSR count). The maximum absolute atomic E-state index is 5.06. The van der Waals surface area contributed by atoms with Crippen molar-refractivity contribution in [1.29, 1.82) is 0 Å². The smallest absolute Gasteiger partial charge is 0.137 e. The Balaban J connectivity index is 1.14. The van der Waals surface area contributed by atoms with E-state index in [1.807, 2.05) is 6.20 Å². The van der Waals surface area contributed by atoms with Gasteiger partial charge < -0.3 is 14.7 Å². The molecular formula is C60H59N5. The van der Waals surface area contributed by atoms with E-state index in [1.54, 1.807) is 0 Å². The Kier molecular flexibility index (Phi) is 10.2. The fourth-order valence-electron chi connectivity index (χ4n) is 9.53.